The number of nitrogens with zero attached hydrogens (tertiary/aromatic N) is 3. The number of nitrogens with one attached hydrogen (secondary N) is 2. The van der Waals surface area contributed by atoms with Crippen molar-refractivity contribution >= 4 is 39.6 Å². The molecular formula is C12H10IN5O. The minimum Gasteiger partial charge on any atom is -0.506 e. The Morgan fingerprint density at radius 2 is 2.16 bits per heavy atom. The topological polar surface area (TPSA) is 86.7 Å². The van der Waals surface area contributed by atoms with E-state index in [1.807, 2.05) is 18.2 Å². The van der Waals surface area contributed by atoms with Crippen molar-refractivity contribution in [1.82, 2.24) is 19.9 Å². The second-order valence-corrected chi connectivity index (χ2v) is 5.09. The van der Waals surface area contributed by atoms with Crippen molar-refractivity contribution in [2.75, 3.05) is 5.32 Å². The highest BCUT2D eigenvalue weighted by molar-refractivity contribution is 14.1. The highest BCUT2D eigenvalue weighted by Gasteiger charge is 2.08. The van der Waals surface area contributed by atoms with Crippen molar-refractivity contribution in [1.29, 1.82) is 0 Å². The molecule has 1 aromatic carbocycles. The number of imidazole rings is 1. The smallest absolute Gasteiger partial charge is 0.182 e. The normalized spacial score (nSPS) is 10.8. The summed E-state index contributed by atoms with van der Waals surface area (Å²) in [6.07, 6.45) is 3.04. The minimum atomic E-state index is 0.297. The average molecular weight is 367 g/mol. The van der Waals surface area contributed by atoms with Crippen LogP contribution in [0.4, 0.5) is 5.82 Å². The molecule has 2 heterocycles. The molecule has 96 valence electrons. The minimum absolute atomic E-state index is 0.297. The summed E-state index contributed by atoms with van der Waals surface area (Å²) in [5.41, 5.74) is 2.19. The third-order valence-corrected chi connectivity index (χ3v) is 3.61. The van der Waals surface area contributed by atoms with Gasteiger partial charge in [-0.15, -0.1) is 0 Å². The van der Waals surface area contributed by atoms with E-state index in [9.17, 15) is 5.11 Å². The van der Waals surface area contributed by atoms with Gasteiger partial charge in [0.25, 0.3) is 0 Å². The molecule has 0 aliphatic carbocycles. The summed E-state index contributed by atoms with van der Waals surface area (Å²) >= 11 is 2.10. The zero-order valence-electron chi connectivity index (χ0n) is 9.76. The van der Waals surface area contributed by atoms with Gasteiger partial charge in [-0.25, -0.2) is 15.0 Å². The van der Waals surface area contributed by atoms with Crippen LogP contribution in [0.3, 0.4) is 0 Å². The molecule has 0 saturated heterocycles. The van der Waals surface area contributed by atoms with Gasteiger partial charge >= 0.3 is 0 Å². The molecule has 7 heteroatoms. The van der Waals surface area contributed by atoms with E-state index in [1.54, 1.807) is 6.33 Å². The maximum atomic E-state index is 9.95. The first kappa shape index (κ1) is 12.2. The van der Waals surface area contributed by atoms with Crippen molar-refractivity contribution in [3.05, 3.63) is 40.0 Å². The maximum Gasteiger partial charge on any atom is 0.182 e. The molecular weight excluding hydrogens is 357 g/mol. The summed E-state index contributed by atoms with van der Waals surface area (Å²) in [6.45, 7) is 0.480. The number of H-pyrrole nitrogens is 1. The Morgan fingerprint density at radius 1 is 1.26 bits per heavy atom. The predicted molar refractivity (Wildman–Crippen MR) is 79.8 cm³/mol. The number of benzene rings is 1. The van der Waals surface area contributed by atoms with Crippen molar-refractivity contribution < 1.29 is 5.11 Å². The summed E-state index contributed by atoms with van der Waals surface area (Å²) in [4.78, 5) is 15.3. The van der Waals surface area contributed by atoms with E-state index in [4.69, 9.17) is 0 Å². The number of aromatic amines is 1. The first-order valence-corrected chi connectivity index (χ1v) is 6.68. The van der Waals surface area contributed by atoms with Gasteiger partial charge in [-0.3, -0.25) is 0 Å². The number of halogens is 1. The maximum absolute atomic E-state index is 9.95. The highest BCUT2D eigenvalue weighted by atomic mass is 127. The van der Waals surface area contributed by atoms with E-state index in [1.165, 1.54) is 6.33 Å². The lowest BCUT2D eigenvalue weighted by molar-refractivity contribution is 0.465. The van der Waals surface area contributed by atoms with Crippen LogP contribution in [-0.2, 0) is 6.54 Å². The fourth-order valence-electron chi connectivity index (χ4n) is 1.78. The molecule has 3 aromatic rings. The number of para-hydroxylation sites is 1. The summed E-state index contributed by atoms with van der Waals surface area (Å²) in [5.74, 6) is 0.964. The van der Waals surface area contributed by atoms with Crippen LogP contribution in [0.2, 0.25) is 0 Å². The molecule has 19 heavy (non-hydrogen) atoms. The van der Waals surface area contributed by atoms with Gasteiger partial charge in [0.05, 0.1) is 9.90 Å². The molecule has 0 aliphatic rings. The summed E-state index contributed by atoms with van der Waals surface area (Å²) in [6, 6.07) is 5.64. The number of hydrogen-bond acceptors (Lipinski definition) is 5. The summed E-state index contributed by atoms with van der Waals surface area (Å²) < 4.78 is 0.825. The van der Waals surface area contributed by atoms with Crippen LogP contribution >= 0.6 is 22.6 Å². The van der Waals surface area contributed by atoms with Gasteiger partial charge in [-0.1, -0.05) is 12.1 Å². The van der Waals surface area contributed by atoms with Gasteiger partial charge in [0.1, 0.15) is 17.6 Å². The Balaban J connectivity index is 1.86. The standard InChI is InChI=1S/C12H10IN5O/c13-8-3-1-2-7(10(8)19)4-14-11-9-12(16-5-15-9)18-6-17-11/h1-3,5-6,19H,4H2,(H2,14,15,16,17,18). The number of phenolic OH excluding ortho intramolecular Hbond substituents is 1. The van der Waals surface area contributed by atoms with Crippen LogP contribution in [0.15, 0.2) is 30.9 Å². The van der Waals surface area contributed by atoms with Crippen LogP contribution in [0, 0.1) is 3.57 Å². The molecule has 2 aromatic heterocycles. The molecule has 0 unspecified atom stereocenters. The van der Waals surface area contributed by atoms with E-state index in [2.05, 4.69) is 47.8 Å². The lowest BCUT2D eigenvalue weighted by Gasteiger charge is -2.08. The second kappa shape index (κ2) is 5.00. The Bertz CT molecular complexity index is 727. The Labute approximate surface area is 122 Å². The number of aromatic nitrogens is 4. The monoisotopic (exact) mass is 367 g/mol. The lowest BCUT2D eigenvalue weighted by atomic mass is 10.2. The van der Waals surface area contributed by atoms with Crippen LogP contribution in [0.5, 0.6) is 5.75 Å². The van der Waals surface area contributed by atoms with Crippen molar-refractivity contribution in [2.45, 2.75) is 6.54 Å². The van der Waals surface area contributed by atoms with E-state index in [-0.39, 0.29) is 0 Å². The van der Waals surface area contributed by atoms with E-state index < -0.39 is 0 Å². The quantitative estimate of drug-likeness (QED) is 0.619. The summed E-state index contributed by atoms with van der Waals surface area (Å²) in [5, 5.41) is 13.1. The van der Waals surface area contributed by atoms with Gasteiger partial charge in [-0.05, 0) is 28.7 Å². The number of rotatable bonds is 3. The van der Waals surface area contributed by atoms with Crippen molar-refractivity contribution in [3.63, 3.8) is 0 Å². The highest BCUT2D eigenvalue weighted by Crippen LogP contribution is 2.25. The van der Waals surface area contributed by atoms with Gasteiger partial charge in [0.2, 0.25) is 0 Å². The molecule has 3 N–H and O–H groups in total. The molecule has 0 spiro atoms. The predicted octanol–water partition coefficient (Wildman–Crippen LogP) is 2.28. The molecule has 0 atom stereocenters. The number of fused-ring (bicyclic) bond motifs is 1. The van der Waals surface area contributed by atoms with Gasteiger partial charge < -0.3 is 15.4 Å². The number of phenols is 1. The SMILES string of the molecule is Oc1c(I)cccc1CNc1ncnc2nc[nH]c12. The molecule has 0 amide bonds. The molecule has 0 aliphatic heterocycles. The number of aromatic hydroxyl groups is 1. The first-order valence-electron chi connectivity index (χ1n) is 5.60. The molecule has 0 radical (unpaired) electrons. The van der Waals surface area contributed by atoms with E-state index in [0.717, 1.165) is 14.7 Å². The zero-order chi connectivity index (χ0) is 13.2. The number of anilines is 1. The van der Waals surface area contributed by atoms with Gasteiger partial charge in [0, 0.05) is 12.1 Å². The third-order valence-electron chi connectivity index (χ3n) is 2.74. The van der Waals surface area contributed by atoms with Crippen molar-refractivity contribution in [2.24, 2.45) is 0 Å². The molecule has 0 saturated carbocycles. The van der Waals surface area contributed by atoms with Crippen LogP contribution in [0.25, 0.3) is 11.2 Å². The average Bonchev–Trinajstić information content (AvgIpc) is 2.89. The fourth-order valence-corrected chi connectivity index (χ4v) is 2.33. The van der Waals surface area contributed by atoms with Gasteiger partial charge in [-0.2, -0.15) is 0 Å². The van der Waals surface area contributed by atoms with Gasteiger partial charge in [0.15, 0.2) is 11.5 Å². The van der Waals surface area contributed by atoms with Crippen molar-refractivity contribution in [3.8, 4) is 5.75 Å². The Morgan fingerprint density at radius 3 is 3.05 bits per heavy atom. The van der Waals surface area contributed by atoms with E-state index in [0.29, 0.717) is 23.8 Å². The Kier molecular flexibility index (Phi) is 3.20. The molecule has 6 nitrogen and oxygen atoms in total. The van der Waals surface area contributed by atoms with Crippen LogP contribution < -0.4 is 5.32 Å². The Hall–Kier alpha value is -1.90. The zero-order valence-corrected chi connectivity index (χ0v) is 11.9. The van der Waals surface area contributed by atoms with E-state index >= 15 is 0 Å². The third kappa shape index (κ3) is 2.33. The number of hydrogen-bond donors (Lipinski definition) is 3. The fraction of sp³-hybridized carbons (Fsp3) is 0.0833. The lowest BCUT2D eigenvalue weighted by Crippen LogP contribution is -2.03. The van der Waals surface area contributed by atoms with Crippen LogP contribution in [-0.4, -0.2) is 25.0 Å². The van der Waals surface area contributed by atoms with Crippen LogP contribution in [0.1, 0.15) is 5.56 Å². The molecule has 0 bridgehead atoms. The molecule has 3 rings (SSSR count). The second-order valence-electron chi connectivity index (χ2n) is 3.92. The largest absolute Gasteiger partial charge is 0.506 e. The summed E-state index contributed by atoms with van der Waals surface area (Å²) in [7, 11) is 0. The first-order chi connectivity index (χ1) is 9.25. The molecule has 0 fully saturated rings.